The van der Waals surface area contributed by atoms with E-state index >= 15 is 0 Å². The topological polar surface area (TPSA) is 83.5 Å². The van der Waals surface area contributed by atoms with Crippen molar-refractivity contribution in [1.82, 2.24) is 0 Å². The lowest BCUT2D eigenvalue weighted by molar-refractivity contribution is -0.134. The fourth-order valence-corrected chi connectivity index (χ4v) is 1.63. The van der Waals surface area contributed by atoms with Crippen LogP contribution in [0, 0.1) is 6.92 Å². The third-order valence-corrected chi connectivity index (χ3v) is 2.70. The van der Waals surface area contributed by atoms with Crippen molar-refractivity contribution in [1.29, 1.82) is 0 Å². The number of anilines is 1. The van der Waals surface area contributed by atoms with Crippen LogP contribution in [0.5, 0.6) is 0 Å². The van der Waals surface area contributed by atoms with E-state index in [9.17, 15) is 14.4 Å². The van der Waals surface area contributed by atoms with Crippen molar-refractivity contribution < 1.29 is 19.5 Å². The second-order valence-electron chi connectivity index (χ2n) is 3.65. The molecule has 18 heavy (non-hydrogen) atoms. The van der Waals surface area contributed by atoms with Gasteiger partial charge in [-0.15, -0.1) is 0 Å². The highest BCUT2D eigenvalue weighted by molar-refractivity contribution is 6.41. The Morgan fingerprint density at radius 3 is 2.44 bits per heavy atom. The highest BCUT2D eigenvalue weighted by Gasteiger charge is 2.20. The average Bonchev–Trinajstić information content (AvgIpc) is 2.32. The van der Waals surface area contributed by atoms with Crippen LogP contribution in [0.3, 0.4) is 0 Å². The minimum atomic E-state index is -1.26. The molecule has 0 heterocycles. The van der Waals surface area contributed by atoms with Crippen LogP contribution in [0.4, 0.5) is 5.69 Å². The second kappa shape index (κ2) is 5.64. The summed E-state index contributed by atoms with van der Waals surface area (Å²) in [6, 6.07) is 3.00. The van der Waals surface area contributed by atoms with E-state index in [0.29, 0.717) is 5.56 Å². The van der Waals surface area contributed by atoms with E-state index in [1.807, 2.05) is 0 Å². The van der Waals surface area contributed by atoms with Crippen LogP contribution in [0.15, 0.2) is 12.1 Å². The number of aromatic carboxylic acids is 1. The molecule has 0 spiro atoms. The predicted octanol–water partition coefficient (Wildman–Crippen LogP) is 2.26. The van der Waals surface area contributed by atoms with Gasteiger partial charge in [-0.05, 0) is 18.6 Å². The van der Waals surface area contributed by atoms with Gasteiger partial charge in [-0.3, -0.25) is 9.59 Å². The van der Waals surface area contributed by atoms with E-state index in [4.69, 9.17) is 16.7 Å². The number of carboxylic acids is 1. The van der Waals surface area contributed by atoms with Gasteiger partial charge in [0.1, 0.15) is 5.56 Å². The van der Waals surface area contributed by atoms with Crippen LogP contribution in [-0.2, 0) is 9.59 Å². The first-order valence-electron chi connectivity index (χ1n) is 5.25. The number of Topliss-reactive ketones (excluding diaryl/α,β-unsaturated/α-hetero) is 1. The zero-order chi connectivity index (χ0) is 13.9. The summed E-state index contributed by atoms with van der Waals surface area (Å²) in [5.41, 5.74) is 0.366. The molecule has 0 bridgehead atoms. The van der Waals surface area contributed by atoms with Gasteiger partial charge in [-0.1, -0.05) is 24.6 Å². The molecule has 0 saturated carbocycles. The van der Waals surface area contributed by atoms with Gasteiger partial charge >= 0.3 is 5.97 Å². The Hall–Kier alpha value is -1.88. The summed E-state index contributed by atoms with van der Waals surface area (Å²) in [4.78, 5) is 33.8. The van der Waals surface area contributed by atoms with Gasteiger partial charge in [0, 0.05) is 6.42 Å². The van der Waals surface area contributed by atoms with Crippen LogP contribution < -0.4 is 5.32 Å². The summed E-state index contributed by atoms with van der Waals surface area (Å²) in [5.74, 6) is -2.72. The van der Waals surface area contributed by atoms with Gasteiger partial charge in [0.05, 0.1) is 10.7 Å². The Bertz CT molecular complexity index is 525. The van der Waals surface area contributed by atoms with Crippen molar-refractivity contribution in [3.05, 3.63) is 28.3 Å². The molecule has 0 radical (unpaired) electrons. The summed E-state index contributed by atoms with van der Waals surface area (Å²) in [6.45, 7) is 3.17. The molecule has 2 N–H and O–H groups in total. The van der Waals surface area contributed by atoms with Crippen molar-refractivity contribution in [2.24, 2.45) is 0 Å². The first-order valence-corrected chi connectivity index (χ1v) is 5.62. The number of ketones is 1. The van der Waals surface area contributed by atoms with E-state index in [0.717, 1.165) is 0 Å². The number of carbonyl (C=O) groups is 3. The molecule has 0 unspecified atom stereocenters. The fraction of sp³-hybridized carbons (Fsp3) is 0.250. The molecule has 0 atom stereocenters. The molecule has 5 nitrogen and oxygen atoms in total. The Morgan fingerprint density at radius 2 is 1.94 bits per heavy atom. The Morgan fingerprint density at radius 1 is 1.33 bits per heavy atom. The molecule has 0 aromatic heterocycles. The number of benzene rings is 1. The highest BCUT2D eigenvalue weighted by atomic mass is 35.5. The molecule has 0 aliphatic rings. The standard InChI is InChI=1S/C12H12ClNO4/c1-3-8(15)11(16)14-10-6(2)4-5-7(13)9(10)12(17)18/h4-5H,3H2,1-2H3,(H,14,16)(H,17,18). The largest absolute Gasteiger partial charge is 0.478 e. The van der Waals surface area contributed by atoms with Gasteiger partial charge in [0.25, 0.3) is 5.91 Å². The number of hydrogen-bond donors (Lipinski definition) is 2. The third kappa shape index (κ3) is 2.87. The van der Waals surface area contributed by atoms with Crippen molar-refractivity contribution in [2.75, 3.05) is 5.32 Å². The summed E-state index contributed by atoms with van der Waals surface area (Å²) in [5, 5.41) is 11.4. The van der Waals surface area contributed by atoms with Crippen LogP contribution >= 0.6 is 11.6 Å². The van der Waals surface area contributed by atoms with Crippen molar-refractivity contribution in [2.45, 2.75) is 20.3 Å². The molecule has 6 heteroatoms. The number of amides is 1. The average molecular weight is 270 g/mol. The molecule has 0 saturated heterocycles. The molecule has 96 valence electrons. The smallest absolute Gasteiger partial charge is 0.339 e. The molecule has 0 aliphatic heterocycles. The Kier molecular flexibility index (Phi) is 4.44. The summed E-state index contributed by atoms with van der Waals surface area (Å²) in [6.07, 6.45) is 0.0495. The fourth-order valence-electron chi connectivity index (χ4n) is 1.40. The lowest BCUT2D eigenvalue weighted by Crippen LogP contribution is -2.23. The van der Waals surface area contributed by atoms with Gasteiger partial charge in [0.15, 0.2) is 0 Å². The predicted molar refractivity (Wildman–Crippen MR) is 67.1 cm³/mol. The molecule has 1 aromatic carbocycles. The van der Waals surface area contributed by atoms with Crippen LogP contribution in [0.2, 0.25) is 5.02 Å². The number of hydrogen-bond acceptors (Lipinski definition) is 3. The Balaban J connectivity index is 3.23. The molecule has 1 amide bonds. The van der Waals surface area contributed by atoms with Gasteiger partial charge < -0.3 is 10.4 Å². The first-order chi connectivity index (χ1) is 8.38. The highest BCUT2D eigenvalue weighted by Crippen LogP contribution is 2.28. The van der Waals surface area contributed by atoms with E-state index in [2.05, 4.69) is 5.32 Å². The van der Waals surface area contributed by atoms with Crippen LogP contribution in [-0.4, -0.2) is 22.8 Å². The zero-order valence-electron chi connectivity index (χ0n) is 9.91. The number of carboxylic acid groups (broad SMARTS) is 1. The molecule has 1 aromatic rings. The second-order valence-corrected chi connectivity index (χ2v) is 4.06. The zero-order valence-corrected chi connectivity index (χ0v) is 10.7. The minimum Gasteiger partial charge on any atom is -0.478 e. The number of nitrogens with one attached hydrogen (secondary N) is 1. The first kappa shape index (κ1) is 14.2. The maximum Gasteiger partial charge on any atom is 0.339 e. The number of halogens is 1. The third-order valence-electron chi connectivity index (χ3n) is 2.39. The van der Waals surface area contributed by atoms with E-state index in [1.165, 1.54) is 6.07 Å². The van der Waals surface area contributed by atoms with Gasteiger partial charge in [0.2, 0.25) is 5.78 Å². The van der Waals surface area contributed by atoms with Gasteiger partial charge in [-0.25, -0.2) is 4.79 Å². The van der Waals surface area contributed by atoms with Crippen LogP contribution in [0.25, 0.3) is 0 Å². The minimum absolute atomic E-state index is 0.00680. The van der Waals surface area contributed by atoms with Crippen molar-refractivity contribution in [3.8, 4) is 0 Å². The SMILES string of the molecule is CCC(=O)C(=O)Nc1c(C)ccc(Cl)c1C(=O)O. The lowest BCUT2D eigenvalue weighted by atomic mass is 10.1. The molecule has 0 aliphatic carbocycles. The van der Waals surface area contributed by atoms with Gasteiger partial charge in [-0.2, -0.15) is 0 Å². The van der Waals surface area contributed by atoms with E-state index < -0.39 is 17.7 Å². The van der Waals surface area contributed by atoms with Crippen molar-refractivity contribution >= 4 is 34.9 Å². The van der Waals surface area contributed by atoms with E-state index in [-0.39, 0.29) is 22.7 Å². The van der Waals surface area contributed by atoms with Crippen molar-refractivity contribution in [3.63, 3.8) is 0 Å². The Labute approximate surface area is 109 Å². The molecular formula is C12H12ClNO4. The molecule has 1 rings (SSSR count). The quantitative estimate of drug-likeness (QED) is 0.821. The summed E-state index contributed by atoms with van der Waals surface area (Å²) >= 11 is 5.78. The summed E-state index contributed by atoms with van der Waals surface area (Å²) < 4.78 is 0. The monoisotopic (exact) mass is 269 g/mol. The lowest BCUT2D eigenvalue weighted by Gasteiger charge is -2.12. The number of rotatable bonds is 4. The molecular weight excluding hydrogens is 258 g/mol. The maximum absolute atomic E-state index is 11.5. The molecule has 0 fully saturated rings. The van der Waals surface area contributed by atoms with Crippen LogP contribution in [0.1, 0.15) is 29.3 Å². The number of carbonyl (C=O) groups excluding carboxylic acids is 2. The van der Waals surface area contributed by atoms with E-state index in [1.54, 1.807) is 19.9 Å². The maximum atomic E-state index is 11.5. The normalized spacial score (nSPS) is 9.94. The summed E-state index contributed by atoms with van der Waals surface area (Å²) in [7, 11) is 0. The number of aryl methyl sites for hydroxylation is 1.